The molecule has 0 N–H and O–H groups in total. The van der Waals surface area contributed by atoms with Crippen molar-refractivity contribution in [3.05, 3.63) is 23.5 Å². The topological polar surface area (TPSA) is 9.23 Å². The van der Waals surface area contributed by atoms with Gasteiger partial charge in [0.15, 0.2) is 0 Å². The maximum absolute atomic E-state index is 5.53. The lowest BCUT2D eigenvalue weighted by atomic mass is 9.49. The van der Waals surface area contributed by atoms with Gasteiger partial charge < -0.3 is 4.74 Å². The third kappa shape index (κ3) is 1.88. The average Bonchev–Trinajstić information content (AvgIpc) is 2.88. The number of hydrogen-bond donors (Lipinski definition) is 0. The Balaban J connectivity index is 1.70. The third-order valence-corrected chi connectivity index (χ3v) is 7.78. The molecule has 0 radical (unpaired) electrons. The number of rotatable bonds is 1. The van der Waals surface area contributed by atoms with Gasteiger partial charge in [0.25, 0.3) is 0 Å². The Morgan fingerprint density at radius 1 is 1.10 bits per heavy atom. The SMILES string of the molecule is COC1=CC2=CCC3C4CCC[C@@]4(C)CCC3[C@@]2(C)CC1. The molecule has 5 atom stereocenters. The van der Waals surface area contributed by atoms with E-state index in [1.54, 1.807) is 5.57 Å². The number of allylic oxidation sites excluding steroid dienone is 4. The Hall–Kier alpha value is -0.720. The second-order valence-corrected chi connectivity index (χ2v) is 8.59. The van der Waals surface area contributed by atoms with Crippen LogP contribution < -0.4 is 0 Å². The average molecular weight is 286 g/mol. The minimum absolute atomic E-state index is 0.425. The van der Waals surface area contributed by atoms with Crippen LogP contribution in [0.1, 0.15) is 65.2 Å². The van der Waals surface area contributed by atoms with Crippen LogP contribution in [0.2, 0.25) is 0 Å². The van der Waals surface area contributed by atoms with Crippen molar-refractivity contribution in [1.29, 1.82) is 0 Å². The van der Waals surface area contributed by atoms with Crippen LogP contribution >= 0.6 is 0 Å². The Labute approximate surface area is 129 Å². The highest BCUT2D eigenvalue weighted by atomic mass is 16.5. The highest BCUT2D eigenvalue weighted by Gasteiger charge is 2.55. The normalized spacial score (nSPS) is 48.6. The van der Waals surface area contributed by atoms with E-state index >= 15 is 0 Å². The first-order chi connectivity index (χ1) is 10.1. The van der Waals surface area contributed by atoms with Crippen LogP contribution in [0.5, 0.6) is 0 Å². The zero-order chi connectivity index (χ0) is 14.7. The van der Waals surface area contributed by atoms with Crippen molar-refractivity contribution in [2.45, 2.75) is 65.2 Å². The summed E-state index contributed by atoms with van der Waals surface area (Å²) in [4.78, 5) is 0. The lowest BCUT2D eigenvalue weighted by Gasteiger charge is -2.56. The van der Waals surface area contributed by atoms with Crippen molar-refractivity contribution >= 4 is 0 Å². The standard InChI is InChI=1S/C20H30O/c1-19-10-4-5-17(19)16-7-6-14-13-15(21-3)8-12-20(14,2)18(16)9-11-19/h6,13,16-18H,4-5,7-12H2,1-3H3/t16?,17?,18?,19-,20-/m0/s1. The third-order valence-electron chi connectivity index (χ3n) is 7.78. The molecular formula is C20H30O. The summed E-state index contributed by atoms with van der Waals surface area (Å²) in [6.45, 7) is 5.14. The molecule has 0 aromatic carbocycles. The van der Waals surface area contributed by atoms with Crippen LogP contribution in [-0.4, -0.2) is 7.11 Å². The zero-order valence-electron chi connectivity index (χ0n) is 14.0. The summed E-state index contributed by atoms with van der Waals surface area (Å²) in [5.74, 6) is 4.07. The van der Waals surface area contributed by atoms with Gasteiger partial charge in [0.05, 0.1) is 12.9 Å². The maximum atomic E-state index is 5.53. The smallest absolute Gasteiger partial charge is 0.0958 e. The molecule has 0 aliphatic heterocycles. The molecule has 116 valence electrons. The van der Waals surface area contributed by atoms with Crippen molar-refractivity contribution in [3.8, 4) is 0 Å². The summed E-state index contributed by atoms with van der Waals surface area (Å²) in [5, 5.41) is 0. The van der Waals surface area contributed by atoms with Gasteiger partial charge in [-0.3, -0.25) is 0 Å². The molecule has 0 bridgehead atoms. The minimum atomic E-state index is 0.425. The van der Waals surface area contributed by atoms with Gasteiger partial charge in [0.1, 0.15) is 0 Å². The van der Waals surface area contributed by atoms with Gasteiger partial charge in [-0.1, -0.05) is 26.3 Å². The summed E-state index contributed by atoms with van der Waals surface area (Å²) >= 11 is 0. The molecular weight excluding hydrogens is 256 g/mol. The van der Waals surface area contributed by atoms with E-state index in [0.717, 1.165) is 24.2 Å². The fraction of sp³-hybridized carbons (Fsp3) is 0.800. The molecule has 0 aromatic rings. The molecule has 1 nitrogen and oxygen atoms in total. The molecule has 0 aromatic heterocycles. The molecule has 2 fully saturated rings. The van der Waals surface area contributed by atoms with Crippen LogP contribution in [0.4, 0.5) is 0 Å². The van der Waals surface area contributed by atoms with E-state index < -0.39 is 0 Å². The summed E-state index contributed by atoms with van der Waals surface area (Å²) in [6, 6.07) is 0. The van der Waals surface area contributed by atoms with E-state index in [1.165, 1.54) is 50.7 Å². The molecule has 4 aliphatic carbocycles. The lowest BCUT2D eigenvalue weighted by Crippen LogP contribution is -2.47. The predicted molar refractivity (Wildman–Crippen MR) is 86.8 cm³/mol. The molecule has 21 heavy (non-hydrogen) atoms. The summed E-state index contributed by atoms with van der Waals surface area (Å²) in [6.07, 6.45) is 16.1. The fourth-order valence-electron chi connectivity index (χ4n) is 6.45. The number of hydrogen-bond acceptors (Lipinski definition) is 1. The molecule has 4 aliphatic rings. The Kier molecular flexibility index (Phi) is 3.07. The molecule has 0 spiro atoms. The number of fused-ring (bicyclic) bond motifs is 5. The first kappa shape index (κ1) is 13.9. The summed E-state index contributed by atoms with van der Waals surface area (Å²) in [5.41, 5.74) is 2.69. The van der Waals surface area contributed by atoms with Gasteiger partial charge in [-0.15, -0.1) is 0 Å². The van der Waals surface area contributed by atoms with Gasteiger partial charge >= 0.3 is 0 Å². The van der Waals surface area contributed by atoms with Crippen LogP contribution in [0.25, 0.3) is 0 Å². The van der Waals surface area contributed by atoms with Crippen molar-refractivity contribution in [2.75, 3.05) is 7.11 Å². The number of methoxy groups -OCH3 is 1. The van der Waals surface area contributed by atoms with Crippen LogP contribution in [0, 0.1) is 28.6 Å². The fourth-order valence-corrected chi connectivity index (χ4v) is 6.45. The first-order valence-electron chi connectivity index (χ1n) is 9.02. The Morgan fingerprint density at radius 2 is 1.95 bits per heavy atom. The molecule has 0 heterocycles. The summed E-state index contributed by atoms with van der Waals surface area (Å²) in [7, 11) is 1.82. The van der Waals surface area contributed by atoms with E-state index in [4.69, 9.17) is 4.74 Å². The zero-order valence-corrected chi connectivity index (χ0v) is 14.0. The summed E-state index contributed by atoms with van der Waals surface area (Å²) < 4.78 is 5.53. The van der Waals surface area contributed by atoms with Gasteiger partial charge in [0, 0.05) is 6.42 Å². The van der Waals surface area contributed by atoms with Crippen LogP contribution in [-0.2, 0) is 4.74 Å². The van der Waals surface area contributed by atoms with Crippen molar-refractivity contribution in [3.63, 3.8) is 0 Å². The predicted octanol–water partition coefficient (Wildman–Crippen LogP) is 5.48. The van der Waals surface area contributed by atoms with Gasteiger partial charge in [-0.25, -0.2) is 0 Å². The highest BCUT2D eigenvalue weighted by molar-refractivity contribution is 5.35. The van der Waals surface area contributed by atoms with E-state index in [1.807, 2.05) is 7.11 Å². The van der Waals surface area contributed by atoms with Crippen LogP contribution in [0.3, 0.4) is 0 Å². The van der Waals surface area contributed by atoms with Crippen molar-refractivity contribution in [1.82, 2.24) is 0 Å². The second-order valence-electron chi connectivity index (χ2n) is 8.59. The Bertz CT molecular complexity index is 502. The van der Waals surface area contributed by atoms with Crippen LogP contribution in [0.15, 0.2) is 23.5 Å². The molecule has 3 unspecified atom stereocenters. The molecule has 0 saturated heterocycles. The monoisotopic (exact) mass is 286 g/mol. The lowest BCUT2D eigenvalue weighted by molar-refractivity contribution is -0.0201. The van der Waals surface area contributed by atoms with E-state index in [2.05, 4.69) is 26.0 Å². The molecule has 1 heteroatoms. The Morgan fingerprint density at radius 3 is 2.76 bits per heavy atom. The van der Waals surface area contributed by atoms with E-state index in [9.17, 15) is 0 Å². The molecule has 2 saturated carbocycles. The first-order valence-corrected chi connectivity index (χ1v) is 9.02. The van der Waals surface area contributed by atoms with E-state index in [0.29, 0.717) is 10.8 Å². The maximum Gasteiger partial charge on any atom is 0.0958 e. The van der Waals surface area contributed by atoms with Gasteiger partial charge in [-0.2, -0.15) is 0 Å². The second kappa shape index (κ2) is 4.64. The largest absolute Gasteiger partial charge is 0.501 e. The minimum Gasteiger partial charge on any atom is -0.501 e. The van der Waals surface area contributed by atoms with Gasteiger partial charge in [0.2, 0.25) is 0 Å². The van der Waals surface area contributed by atoms with Crippen molar-refractivity contribution < 1.29 is 4.74 Å². The highest BCUT2D eigenvalue weighted by Crippen LogP contribution is 2.64. The van der Waals surface area contributed by atoms with E-state index in [-0.39, 0.29) is 0 Å². The van der Waals surface area contributed by atoms with Crippen molar-refractivity contribution in [2.24, 2.45) is 28.6 Å². The number of ether oxygens (including phenoxy) is 1. The van der Waals surface area contributed by atoms with Gasteiger partial charge in [-0.05, 0) is 78.8 Å². The molecule has 4 rings (SSSR count). The quantitative estimate of drug-likeness (QED) is 0.620. The molecule has 0 amide bonds.